The Morgan fingerprint density at radius 1 is 0.833 bits per heavy atom. The van der Waals surface area contributed by atoms with Crippen molar-refractivity contribution in [2.24, 2.45) is 4.99 Å². The number of hydrogen-bond donors (Lipinski definition) is 0. The van der Waals surface area contributed by atoms with Crippen LogP contribution in [0.15, 0.2) is 106 Å². The molecular formula is C34H26N2O6. The number of carbonyl (C=O) groups excluding carboxylic acids is 3. The molecule has 1 aliphatic rings. The van der Waals surface area contributed by atoms with Gasteiger partial charge in [-0.15, -0.1) is 0 Å². The Bertz CT molecular complexity index is 1870. The van der Waals surface area contributed by atoms with E-state index in [2.05, 4.69) is 0 Å². The highest BCUT2D eigenvalue weighted by Crippen LogP contribution is 2.26. The number of benzene rings is 4. The van der Waals surface area contributed by atoms with Crippen molar-refractivity contribution in [2.75, 3.05) is 13.7 Å². The molecule has 4 aromatic carbocycles. The molecule has 0 N–H and O–H groups in total. The molecular weight excluding hydrogens is 532 g/mol. The fourth-order valence-corrected chi connectivity index (χ4v) is 4.83. The first kappa shape index (κ1) is 26.7. The molecule has 0 saturated heterocycles. The maximum absolute atomic E-state index is 12.5. The molecule has 0 radical (unpaired) electrons. The van der Waals surface area contributed by atoms with Crippen LogP contribution < -0.4 is 14.8 Å². The summed E-state index contributed by atoms with van der Waals surface area (Å²) in [7, 11) is 1.62. The van der Waals surface area contributed by atoms with Gasteiger partial charge in [-0.2, -0.15) is 0 Å². The summed E-state index contributed by atoms with van der Waals surface area (Å²) in [5.41, 5.74) is 4.03. The minimum atomic E-state index is -0.550. The summed E-state index contributed by atoms with van der Waals surface area (Å²) in [6, 6.07) is 28.9. The van der Waals surface area contributed by atoms with Crippen LogP contribution in [0.5, 0.6) is 11.5 Å². The SMILES string of the molecule is COc1ccc(-c2cc(=Nc3ccc(OC(=O)CCN4C(=O)c5ccccc5C4=O)cc3)c3cc(C)ccc3o2)cc1. The molecule has 0 bridgehead atoms. The summed E-state index contributed by atoms with van der Waals surface area (Å²) in [4.78, 5) is 43.5. The van der Waals surface area contributed by atoms with Crippen molar-refractivity contribution in [1.82, 2.24) is 4.90 Å². The zero-order valence-corrected chi connectivity index (χ0v) is 23.0. The number of rotatable bonds is 7. The quantitative estimate of drug-likeness (QED) is 0.133. The molecule has 8 heteroatoms. The van der Waals surface area contributed by atoms with Gasteiger partial charge in [0.2, 0.25) is 0 Å². The normalized spacial score (nSPS) is 13.0. The summed E-state index contributed by atoms with van der Waals surface area (Å²) in [5.74, 6) is 0.401. The van der Waals surface area contributed by atoms with Crippen molar-refractivity contribution in [3.8, 4) is 22.8 Å². The van der Waals surface area contributed by atoms with Crippen molar-refractivity contribution < 1.29 is 28.3 Å². The third kappa shape index (κ3) is 5.30. The zero-order valence-electron chi connectivity index (χ0n) is 23.0. The van der Waals surface area contributed by atoms with E-state index in [9.17, 15) is 14.4 Å². The molecule has 1 aliphatic heterocycles. The molecule has 0 fully saturated rings. The van der Waals surface area contributed by atoms with E-state index in [0.29, 0.717) is 33.9 Å². The second kappa shape index (κ2) is 11.2. The van der Waals surface area contributed by atoms with E-state index in [-0.39, 0.29) is 13.0 Å². The Labute approximate surface area is 241 Å². The Morgan fingerprint density at radius 3 is 2.17 bits per heavy atom. The van der Waals surface area contributed by atoms with Crippen LogP contribution >= 0.6 is 0 Å². The van der Waals surface area contributed by atoms with Gasteiger partial charge in [-0.3, -0.25) is 19.3 Å². The average Bonchev–Trinajstić information content (AvgIpc) is 3.26. The number of esters is 1. The summed E-state index contributed by atoms with van der Waals surface area (Å²) in [5, 5.41) is 1.60. The van der Waals surface area contributed by atoms with Crippen LogP contribution in [0, 0.1) is 6.92 Å². The van der Waals surface area contributed by atoms with Crippen molar-refractivity contribution in [2.45, 2.75) is 13.3 Å². The van der Waals surface area contributed by atoms with Gasteiger partial charge >= 0.3 is 5.97 Å². The maximum Gasteiger partial charge on any atom is 0.312 e. The van der Waals surface area contributed by atoms with Gasteiger partial charge in [-0.05, 0) is 79.7 Å². The number of imide groups is 1. The molecule has 0 spiro atoms. The van der Waals surface area contributed by atoms with Crippen LogP contribution in [-0.2, 0) is 4.79 Å². The first-order valence-electron chi connectivity index (χ1n) is 13.4. The summed E-state index contributed by atoms with van der Waals surface area (Å²) in [6.07, 6.45) is -0.120. The van der Waals surface area contributed by atoms with E-state index in [0.717, 1.165) is 32.5 Å². The van der Waals surface area contributed by atoms with Crippen molar-refractivity contribution in [3.63, 3.8) is 0 Å². The first-order valence-corrected chi connectivity index (χ1v) is 13.4. The fraction of sp³-hybridized carbons (Fsp3) is 0.118. The van der Waals surface area contributed by atoms with Crippen molar-refractivity contribution >= 4 is 34.4 Å². The standard InChI is InChI=1S/C34H26N2O6/c1-21-7-16-30-28(19-21)29(20-31(42-30)22-8-12-24(40-2)13-9-22)35-23-10-14-25(15-11-23)41-32(37)17-18-36-33(38)26-5-3-4-6-27(26)34(36)39/h3-16,19-20H,17-18H2,1-2H3. The average molecular weight is 559 g/mol. The molecule has 0 aliphatic carbocycles. The molecule has 2 amide bonds. The van der Waals surface area contributed by atoms with Crippen LogP contribution in [0.25, 0.3) is 22.3 Å². The summed E-state index contributed by atoms with van der Waals surface area (Å²) >= 11 is 0. The lowest BCUT2D eigenvalue weighted by Crippen LogP contribution is -2.32. The number of fused-ring (bicyclic) bond motifs is 2. The van der Waals surface area contributed by atoms with Crippen molar-refractivity contribution in [3.05, 3.63) is 119 Å². The summed E-state index contributed by atoms with van der Waals surface area (Å²) in [6.45, 7) is 1.96. The van der Waals surface area contributed by atoms with Crippen LogP contribution in [0.3, 0.4) is 0 Å². The van der Waals surface area contributed by atoms with Crippen LogP contribution in [0.2, 0.25) is 0 Å². The van der Waals surface area contributed by atoms with E-state index in [1.54, 1.807) is 55.6 Å². The molecule has 1 aromatic heterocycles. The lowest BCUT2D eigenvalue weighted by Gasteiger charge is -2.13. The molecule has 8 nitrogen and oxygen atoms in total. The first-order chi connectivity index (χ1) is 20.4. The van der Waals surface area contributed by atoms with Crippen LogP contribution in [0.1, 0.15) is 32.7 Å². The van der Waals surface area contributed by atoms with E-state index in [1.807, 2.05) is 55.5 Å². The van der Waals surface area contributed by atoms with Gasteiger partial charge < -0.3 is 13.9 Å². The highest BCUT2D eigenvalue weighted by molar-refractivity contribution is 6.21. The van der Waals surface area contributed by atoms with Crippen LogP contribution in [0.4, 0.5) is 5.69 Å². The molecule has 5 aromatic rings. The maximum atomic E-state index is 12.5. The Hall–Kier alpha value is -5.50. The number of amides is 2. The topological polar surface area (TPSA) is 98.4 Å². The van der Waals surface area contributed by atoms with Gasteiger partial charge in [0.1, 0.15) is 22.8 Å². The second-order valence-electron chi connectivity index (χ2n) is 9.86. The van der Waals surface area contributed by atoms with E-state index >= 15 is 0 Å². The molecule has 0 unspecified atom stereocenters. The lowest BCUT2D eigenvalue weighted by molar-refractivity contribution is -0.134. The van der Waals surface area contributed by atoms with Gasteiger partial charge in [-0.25, -0.2) is 4.99 Å². The van der Waals surface area contributed by atoms with E-state index in [4.69, 9.17) is 18.9 Å². The minimum Gasteiger partial charge on any atom is -0.497 e. The van der Waals surface area contributed by atoms with Crippen LogP contribution in [-0.4, -0.2) is 36.3 Å². The van der Waals surface area contributed by atoms with E-state index in [1.165, 1.54) is 0 Å². The third-order valence-electron chi connectivity index (χ3n) is 7.01. The monoisotopic (exact) mass is 558 g/mol. The number of aryl methyl sites for hydroxylation is 1. The van der Waals surface area contributed by atoms with Gasteiger partial charge in [0.25, 0.3) is 11.8 Å². The number of hydrogen-bond acceptors (Lipinski definition) is 7. The molecule has 42 heavy (non-hydrogen) atoms. The highest BCUT2D eigenvalue weighted by atomic mass is 16.5. The second-order valence-corrected chi connectivity index (χ2v) is 9.86. The smallest absolute Gasteiger partial charge is 0.312 e. The Balaban J connectivity index is 1.19. The van der Waals surface area contributed by atoms with Gasteiger partial charge in [-0.1, -0.05) is 23.8 Å². The molecule has 2 heterocycles. The van der Waals surface area contributed by atoms with Crippen molar-refractivity contribution in [1.29, 1.82) is 0 Å². The summed E-state index contributed by atoms with van der Waals surface area (Å²) < 4.78 is 16.9. The van der Waals surface area contributed by atoms with Gasteiger partial charge in [0.15, 0.2) is 0 Å². The largest absolute Gasteiger partial charge is 0.497 e. The van der Waals surface area contributed by atoms with Gasteiger partial charge in [0, 0.05) is 23.6 Å². The molecule has 0 atom stereocenters. The number of carbonyl (C=O) groups is 3. The lowest BCUT2D eigenvalue weighted by atomic mass is 10.1. The molecule has 0 saturated carbocycles. The third-order valence-corrected chi connectivity index (χ3v) is 7.01. The van der Waals surface area contributed by atoms with Gasteiger partial charge in [0.05, 0.1) is 35.7 Å². The number of methoxy groups -OCH3 is 1. The molecule has 208 valence electrons. The predicted molar refractivity (Wildman–Crippen MR) is 157 cm³/mol. The Morgan fingerprint density at radius 2 is 1.50 bits per heavy atom. The molecule has 6 rings (SSSR count). The number of ether oxygens (including phenoxy) is 2. The highest BCUT2D eigenvalue weighted by Gasteiger charge is 2.35. The number of nitrogens with zero attached hydrogens (tertiary/aromatic N) is 2. The van der Waals surface area contributed by atoms with E-state index < -0.39 is 17.8 Å². The predicted octanol–water partition coefficient (Wildman–Crippen LogP) is 6.24. The fourth-order valence-electron chi connectivity index (χ4n) is 4.83. The Kier molecular flexibility index (Phi) is 7.10. The zero-order chi connectivity index (χ0) is 29.2. The minimum absolute atomic E-state index is 0.0549.